The number of hydrogen-bond acceptors (Lipinski definition) is 4. The highest BCUT2D eigenvalue weighted by Gasteiger charge is 2.38. The fraction of sp³-hybridized carbons (Fsp3) is 0.929. The van der Waals surface area contributed by atoms with Crippen molar-refractivity contribution in [2.24, 2.45) is 5.92 Å². The predicted molar refractivity (Wildman–Crippen MR) is 69.4 cm³/mol. The molecule has 104 valence electrons. The highest BCUT2D eigenvalue weighted by molar-refractivity contribution is 5.80. The zero-order chi connectivity index (χ0) is 13.0. The van der Waals surface area contributed by atoms with Gasteiger partial charge in [-0.2, -0.15) is 0 Å². The van der Waals surface area contributed by atoms with Gasteiger partial charge in [0.2, 0.25) is 0 Å². The summed E-state index contributed by atoms with van der Waals surface area (Å²) in [7, 11) is 1.46. The Balaban J connectivity index is 1.67. The molecule has 2 saturated carbocycles. The van der Waals surface area contributed by atoms with Crippen molar-refractivity contribution in [3.63, 3.8) is 0 Å². The van der Waals surface area contributed by atoms with Gasteiger partial charge in [-0.25, -0.2) is 0 Å². The molecule has 0 amide bonds. The van der Waals surface area contributed by atoms with Crippen LogP contribution in [-0.2, 0) is 14.3 Å². The maximum absolute atomic E-state index is 11.9. The zero-order valence-corrected chi connectivity index (χ0v) is 11.5. The average Bonchev–Trinajstić information content (AvgIpc) is 3.22. The Labute approximate surface area is 109 Å². The third-order valence-electron chi connectivity index (χ3n) is 3.75. The summed E-state index contributed by atoms with van der Waals surface area (Å²) >= 11 is 0. The van der Waals surface area contributed by atoms with Crippen LogP contribution in [-0.4, -0.2) is 37.9 Å². The highest BCUT2D eigenvalue weighted by atomic mass is 16.5. The quantitative estimate of drug-likeness (QED) is 0.505. The summed E-state index contributed by atoms with van der Waals surface area (Å²) in [5, 5.41) is 3.40. The Bertz CT molecular complexity index is 287. The highest BCUT2D eigenvalue weighted by Crippen LogP contribution is 2.29. The molecule has 0 aliphatic heterocycles. The summed E-state index contributed by atoms with van der Waals surface area (Å²) < 4.78 is 10.5. The summed E-state index contributed by atoms with van der Waals surface area (Å²) in [4.78, 5) is 11.9. The van der Waals surface area contributed by atoms with E-state index >= 15 is 0 Å². The minimum atomic E-state index is -0.543. The number of rotatable bonds is 9. The molecule has 2 rings (SSSR count). The molecule has 1 unspecified atom stereocenters. The Morgan fingerprint density at radius 3 is 2.61 bits per heavy atom. The van der Waals surface area contributed by atoms with E-state index in [1.165, 1.54) is 32.8 Å². The van der Waals surface area contributed by atoms with Crippen LogP contribution < -0.4 is 5.32 Å². The summed E-state index contributed by atoms with van der Waals surface area (Å²) in [5.41, 5.74) is -0.543. The molecule has 1 N–H and O–H groups in total. The molecule has 0 aromatic carbocycles. The second-order valence-corrected chi connectivity index (χ2v) is 5.86. The minimum Gasteiger partial charge on any atom is -0.468 e. The van der Waals surface area contributed by atoms with Gasteiger partial charge in [0, 0.05) is 19.3 Å². The van der Waals surface area contributed by atoms with Crippen molar-refractivity contribution in [2.75, 3.05) is 20.3 Å². The molecule has 4 nitrogen and oxygen atoms in total. The first kappa shape index (κ1) is 13.8. The van der Waals surface area contributed by atoms with Crippen molar-refractivity contribution in [1.82, 2.24) is 5.32 Å². The van der Waals surface area contributed by atoms with Gasteiger partial charge in [-0.15, -0.1) is 0 Å². The zero-order valence-electron chi connectivity index (χ0n) is 11.5. The van der Waals surface area contributed by atoms with E-state index in [1.807, 2.05) is 6.92 Å². The van der Waals surface area contributed by atoms with Crippen molar-refractivity contribution < 1.29 is 14.3 Å². The second-order valence-electron chi connectivity index (χ2n) is 5.86. The van der Waals surface area contributed by atoms with Crippen LogP contribution in [0.1, 0.15) is 45.4 Å². The molecule has 18 heavy (non-hydrogen) atoms. The molecule has 0 saturated heterocycles. The van der Waals surface area contributed by atoms with Crippen molar-refractivity contribution in [3.8, 4) is 0 Å². The van der Waals surface area contributed by atoms with Crippen LogP contribution in [0.25, 0.3) is 0 Å². The smallest absolute Gasteiger partial charge is 0.325 e. The van der Waals surface area contributed by atoms with Crippen LogP contribution in [0.4, 0.5) is 0 Å². The van der Waals surface area contributed by atoms with Crippen molar-refractivity contribution in [2.45, 2.75) is 57.0 Å². The van der Waals surface area contributed by atoms with E-state index in [4.69, 9.17) is 9.47 Å². The lowest BCUT2D eigenvalue weighted by atomic mass is 9.96. The number of carbonyl (C=O) groups is 1. The van der Waals surface area contributed by atoms with Gasteiger partial charge in [-0.3, -0.25) is 10.1 Å². The fourth-order valence-electron chi connectivity index (χ4n) is 2.20. The lowest BCUT2D eigenvalue weighted by Crippen LogP contribution is -2.51. The third-order valence-corrected chi connectivity index (χ3v) is 3.75. The Hall–Kier alpha value is -0.610. The van der Waals surface area contributed by atoms with E-state index in [9.17, 15) is 4.79 Å². The second kappa shape index (κ2) is 6.02. The molecular formula is C14H25NO3. The lowest BCUT2D eigenvalue weighted by molar-refractivity contribution is -0.148. The first-order valence-corrected chi connectivity index (χ1v) is 7.08. The van der Waals surface area contributed by atoms with Crippen LogP contribution in [0, 0.1) is 5.92 Å². The van der Waals surface area contributed by atoms with E-state index in [0.29, 0.717) is 6.04 Å². The SMILES string of the molecule is COC(=O)C(C)(CCCOCC1CC1)NC1CC1. The number of esters is 1. The van der Waals surface area contributed by atoms with Crippen molar-refractivity contribution in [1.29, 1.82) is 0 Å². The van der Waals surface area contributed by atoms with Gasteiger partial charge >= 0.3 is 5.97 Å². The Morgan fingerprint density at radius 2 is 2.06 bits per heavy atom. The fourth-order valence-corrected chi connectivity index (χ4v) is 2.20. The average molecular weight is 255 g/mol. The van der Waals surface area contributed by atoms with E-state index in [0.717, 1.165) is 32.0 Å². The first-order valence-electron chi connectivity index (χ1n) is 7.08. The molecule has 0 aromatic heterocycles. The van der Waals surface area contributed by atoms with Crippen molar-refractivity contribution >= 4 is 5.97 Å². The number of nitrogens with one attached hydrogen (secondary N) is 1. The van der Waals surface area contributed by atoms with Gasteiger partial charge in [-0.1, -0.05) is 0 Å². The molecule has 2 aliphatic rings. The van der Waals surface area contributed by atoms with Crippen molar-refractivity contribution in [3.05, 3.63) is 0 Å². The lowest BCUT2D eigenvalue weighted by Gasteiger charge is -2.28. The van der Waals surface area contributed by atoms with E-state index in [-0.39, 0.29) is 5.97 Å². The first-order chi connectivity index (χ1) is 8.64. The van der Waals surface area contributed by atoms with E-state index in [2.05, 4.69) is 5.32 Å². The molecule has 0 heterocycles. The molecule has 0 bridgehead atoms. The van der Waals surface area contributed by atoms with Crippen LogP contribution in [0.5, 0.6) is 0 Å². The van der Waals surface area contributed by atoms with Gasteiger partial charge in [0.15, 0.2) is 0 Å². The standard InChI is InChI=1S/C14H25NO3/c1-14(13(16)17-2,15-12-6-7-12)8-3-9-18-10-11-4-5-11/h11-12,15H,3-10H2,1-2H3. The molecule has 4 heteroatoms. The molecule has 2 aliphatic carbocycles. The van der Waals surface area contributed by atoms with Gasteiger partial charge in [0.1, 0.15) is 5.54 Å². The van der Waals surface area contributed by atoms with E-state index in [1.54, 1.807) is 0 Å². The normalized spacial score (nSPS) is 22.6. The summed E-state index contributed by atoms with van der Waals surface area (Å²) in [6.45, 7) is 3.58. The minimum absolute atomic E-state index is 0.156. The van der Waals surface area contributed by atoms with Gasteiger partial charge in [-0.05, 0) is 51.4 Å². The molecule has 0 aromatic rings. The van der Waals surface area contributed by atoms with Crippen LogP contribution in [0.2, 0.25) is 0 Å². The summed E-state index contributed by atoms with van der Waals surface area (Å²) in [6, 6.07) is 0.501. The van der Waals surface area contributed by atoms with Gasteiger partial charge in [0.25, 0.3) is 0 Å². The molecule has 1 atom stereocenters. The monoisotopic (exact) mass is 255 g/mol. The predicted octanol–water partition coefficient (Wildman–Crippen LogP) is 1.88. The number of hydrogen-bond donors (Lipinski definition) is 1. The van der Waals surface area contributed by atoms with Gasteiger partial charge in [0.05, 0.1) is 7.11 Å². The molecular weight excluding hydrogens is 230 g/mol. The van der Waals surface area contributed by atoms with Crippen LogP contribution in [0.3, 0.4) is 0 Å². The molecule has 2 fully saturated rings. The van der Waals surface area contributed by atoms with Crippen LogP contribution >= 0.6 is 0 Å². The summed E-state index contributed by atoms with van der Waals surface area (Å²) in [5.74, 6) is 0.651. The molecule has 0 spiro atoms. The maximum atomic E-state index is 11.9. The van der Waals surface area contributed by atoms with Gasteiger partial charge < -0.3 is 9.47 Å². The molecule has 0 radical (unpaired) electrons. The largest absolute Gasteiger partial charge is 0.468 e. The number of carbonyl (C=O) groups excluding carboxylic acids is 1. The Morgan fingerprint density at radius 1 is 1.33 bits per heavy atom. The Kier molecular flexibility index (Phi) is 4.62. The van der Waals surface area contributed by atoms with E-state index < -0.39 is 5.54 Å². The summed E-state index contributed by atoms with van der Waals surface area (Å²) in [6.07, 6.45) is 6.67. The number of ether oxygens (including phenoxy) is 2. The maximum Gasteiger partial charge on any atom is 0.325 e. The topological polar surface area (TPSA) is 47.6 Å². The third kappa shape index (κ3) is 4.25. The van der Waals surface area contributed by atoms with Crippen LogP contribution in [0.15, 0.2) is 0 Å². The number of methoxy groups -OCH3 is 1.